The average Bonchev–Trinajstić information content (AvgIpc) is 2.82. The van der Waals surface area contributed by atoms with E-state index in [9.17, 15) is 4.79 Å². The molecule has 0 bridgehead atoms. The average molecular weight is 237 g/mol. The molecule has 0 spiro atoms. The van der Waals surface area contributed by atoms with Crippen molar-refractivity contribution in [2.24, 2.45) is 0 Å². The molecule has 0 saturated heterocycles. The van der Waals surface area contributed by atoms with Crippen LogP contribution in [0.5, 0.6) is 11.5 Å². The SMILES string of the molecule is CN(CCc1ccc2c(c1)OCO2)C(=O)CO. The number of carbonyl (C=O) groups is 1. The van der Waals surface area contributed by atoms with E-state index in [1.165, 1.54) is 4.90 Å². The summed E-state index contributed by atoms with van der Waals surface area (Å²) in [5.41, 5.74) is 1.08. The minimum absolute atomic E-state index is 0.266. The van der Waals surface area contributed by atoms with E-state index in [2.05, 4.69) is 0 Å². The van der Waals surface area contributed by atoms with Crippen molar-refractivity contribution in [2.75, 3.05) is 27.0 Å². The number of amides is 1. The van der Waals surface area contributed by atoms with Crippen LogP contribution < -0.4 is 9.47 Å². The van der Waals surface area contributed by atoms with Crippen LogP contribution in [0.2, 0.25) is 0 Å². The summed E-state index contributed by atoms with van der Waals surface area (Å²) in [4.78, 5) is 12.7. The molecule has 0 aromatic heterocycles. The molecule has 1 aliphatic rings. The molecule has 0 radical (unpaired) electrons. The van der Waals surface area contributed by atoms with Crippen molar-refractivity contribution < 1.29 is 19.4 Å². The normalized spacial score (nSPS) is 12.6. The van der Waals surface area contributed by atoms with Crippen LogP contribution in [0.4, 0.5) is 0 Å². The summed E-state index contributed by atoms with van der Waals surface area (Å²) < 4.78 is 10.5. The molecule has 1 aromatic rings. The van der Waals surface area contributed by atoms with E-state index >= 15 is 0 Å². The highest BCUT2D eigenvalue weighted by atomic mass is 16.7. The van der Waals surface area contributed by atoms with Crippen molar-refractivity contribution in [3.8, 4) is 11.5 Å². The van der Waals surface area contributed by atoms with Gasteiger partial charge in [0, 0.05) is 13.6 Å². The van der Waals surface area contributed by atoms with Gasteiger partial charge in [0.15, 0.2) is 11.5 Å². The maximum Gasteiger partial charge on any atom is 0.248 e. The summed E-state index contributed by atoms with van der Waals surface area (Å²) in [7, 11) is 1.67. The van der Waals surface area contributed by atoms with Crippen molar-refractivity contribution in [3.63, 3.8) is 0 Å². The van der Waals surface area contributed by atoms with Crippen molar-refractivity contribution in [1.29, 1.82) is 0 Å². The molecule has 92 valence electrons. The van der Waals surface area contributed by atoms with Gasteiger partial charge in [-0.25, -0.2) is 0 Å². The smallest absolute Gasteiger partial charge is 0.248 e. The quantitative estimate of drug-likeness (QED) is 0.824. The van der Waals surface area contributed by atoms with Crippen molar-refractivity contribution in [2.45, 2.75) is 6.42 Å². The van der Waals surface area contributed by atoms with Crippen LogP contribution >= 0.6 is 0 Å². The molecule has 5 heteroatoms. The molecule has 1 N–H and O–H groups in total. The largest absolute Gasteiger partial charge is 0.454 e. The van der Waals surface area contributed by atoms with Crippen LogP contribution in [-0.4, -0.2) is 42.9 Å². The van der Waals surface area contributed by atoms with E-state index in [-0.39, 0.29) is 12.7 Å². The van der Waals surface area contributed by atoms with Gasteiger partial charge in [-0.3, -0.25) is 4.79 Å². The maximum absolute atomic E-state index is 11.2. The topological polar surface area (TPSA) is 59.0 Å². The minimum atomic E-state index is -0.447. The van der Waals surface area contributed by atoms with Crippen LogP contribution in [0.3, 0.4) is 0 Å². The fourth-order valence-corrected chi connectivity index (χ4v) is 1.64. The number of rotatable bonds is 4. The van der Waals surface area contributed by atoms with Gasteiger partial charge in [-0.1, -0.05) is 6.07 Å². The summed E-state index contributed by atoms with van der Waals surface area (Å²) in [5, 5.41) is 8.70. The first-order chi connectivity index (χ1) is 8.20. The lowest BCUT2D eigenvalue weighted by Crippen LogP contribution is -2.31. The molecule has 1 aliphatic heterocycles. The van der Waals surface area contributed by atoms with Gasteiger partial charge in [-0.15, -0.1) is 0 Å². The number of carbonyl (C=O) groups excluding carboxylic acids is 1. The van der Waals surface area contributed by atoms with Crippen LogP contribution in [-0.2, 0) is 11.2 Å². The second-order valence-corrected chi connectivity index (χ2v) is 3.91. The summed E-state index contributed by atoms with van der Waals surface area (Å²) >= 11 is 0. The van der Waals surface area contributed by atoms with Crippen molar-refractivity contribution in [1.82, 2.24) is 4.90 Å². The molecule has 0 saturated carbocycles. The zero-order valence-electron chi connectivity index (χ0n) is 9.68. The molecule has 1 amide bonds. The molecule has 0 atom stereocenters. The Labute approximate surface area is 99.6 Å². The Morgan fingerprint density at radius 2 is 2.18 bits per heavy atom. The molecular weight excluding hydrogens is 222 g/mol. The Bertz CT molecular complexity index is 419. The first kappa shape index (κ1) is 11.7. The van der Waals surface area contributed by atoms with Crippen LogP contribution in [0.25, 0.3) is 0 Å². The predicted octanol–water partition coefficient (Wildman–Crippen LogP) is 0.409. The second-order valence-electron chi connectivity index (χ2n) is 3.91. The highest BCUT2D eigenvalue weighted by molar-refractivity contribution is 5.76. The number of hydrogen-bond donors (Lipinski definition) is 1. The molecular formula is C12H15NO4. The first-order valence-electron chi connectivity index (χ1n) is 5.44. The summed E-state index contributed by atoms with van der Waals surface area (Å²) in [6.45, 7) is 0.387. The van der Waals surface area contributed by atoms with E-state index in [0.717, 1.165) is 23.5 Å². The Morgan fingerprint density at radius 1 is 1.41 bits per heavy atom. The molecule has 5 nitrogen and oxygen atoms in total. The minimum Gasteiger partial charge on any atom is -0.454 e. The third-order valence-corrected chi connectivity index (χ3v) is 2.73. The highest BCUT2D eigenvalue weighted by Crippen LogP contribution is 2.32. The van der Waals surface area contributed by atoms with Gasteiger partial charge < -0.3 is 19.5 Å². The molecule has 0 unspecified atom stereocenters. The monoisotopic (exact) mass is 237 g/mol. The number of ether oxygens (including phenoxy) is 2. The summed E-state index contributed by atoms with van der Waals surface area (Å²) in [6.07, 6.45) is 0.721. The van der Waals surface area contributed by atoms with Gasteiger partial charge in [-0.05, 0) is 24.1 Å². The molecule has 1 aromatic carbocycles. The molecule has 0 aliphatic carbocycles. The zero-order chi connectivity index (χ0) is 12.3. The lowest BCUT2D eigenvalue weighted by molar-refractivity contribution is -0.132. The van der Waals surface area contributed by atoms with E-state index in [0.29, 0.717) is 6.54 Å². The van der Waals surface area contributed by atoms with Crippen molar-refractivity contribution in [3.05, 3.63) is 23.8 Å². The van der Waals surface area contributed by atoms with Crippen LogP contribution in [0.1, 0.15) is 5.56 Å². The van der Waals surface area contributed by atoms with Crippen LogP contribution in [0.15, 0.2) is 18.2 Å². The van der Waals surface area contributed by atoms with Gasteiger partial charge >= 0.3 is 0 Å². The molecule has 1 heterocycles. The van der Waals surface area contributed by atoms with Gasteiger partial charge in [0.25, 0.3) is 0 Å². The summed E-state index contributed by atoms with van der Waals surface area (Å²) in [5.74, 6) is 1.23. The first-order valence-corrected chi connectivity index (χ1v) is 5.44. The Morgan fingerprint density at radius 3 is 2.94 bits per heavy atom. The lowest BCUT2D eigenvalue weighted by atomic mass is 10.1. The fraction of sp³-hybridized carbons (Fsp3) is 0.417. The van der Waals surface area contributed by atoms with Crippen LogP contribution in [0, 0.1) is 0 Å². The lowest BCUT2D eigenvalue weighted by Gasteiger charge is -2.15. The number of aliphatic hydroxyl groups is 1. The Kier molecular flexibility index (Phi) is 3.49. The van der Waals surface area contributed by atoms with Gasteiger partial charge in [0.2, 0.25) is 12.7 Å². The summed E-state index contributed by atoms with van der Waals surface area (Å²) in [6, 6.07) is 5.73. The van der Waals surface area contributed by atoms with E-state index in [4.69, 9.17) is 14.6 Å². The number of benzene rings is 1. The maximum atomic E-state index is 11.2. The predicted molar refractivity (Wildman–Crippen MR) is 61.0 cm³/mol. The number of nitrogens with zero attached hydrogens (tertiary/aromatic N) is 1. The molecule has 0 fully saturated rings. The third kappa shape index (κ3) is 2.68. The molecule has 17 heavy (non-hydrogen) atoms. The van der Waals surface area contributed by atoms with E-state index in [1.807, 2.05) is 18.2 Å². The Hall–Kier alpha value is -1.75. The van der Waals surface area contributed by atoms with E-state index in [1.54, 1.807) is 7.05 Å². The fourth-order valence-electron chi connectivity index (χ4n) is 1.64. The van der Waals surface area contributed by atoms with Gasteiger partial charge in [-0.2, -0.15) is 0 Å². The standard InChI is InChI=1S/C12H15NO4/c1-13(12(15)7-14)5-4-9-2-3-10-11(6-9)17-8-16-10/h2-3,6,14H,4-5,7-8H2,1H3. The second kappa shape index (κ2) is 5.05. The third-order valence-electron chi connectivity index (χ3n) is 2.73. The van der Waals surface area contributed by atoms with E-state index < -0.39 is 6.61 Å². The zero-order valence-corrected chi connectivity index (χ0v) is 9.68. The van der Waals surface area contributed by atoms with Gasteiger partial charge in [0.1, 0.15) is 6.61 Å². The Balaban J connectivity index is 1.93. The number of likely N-dealkylation sites (N-methyl/N-ethyl adjacent to an activating group) is 1. The highest BCUT2D eigenvalue weighted by Gasteiger charge is 2.13. The number of aliphatic hydroxyl groups excluding tert-OH is 1. The van der Waals surface area contributed by atoms with Gasteiger partial charge in [0.05, 0.1) is 0 Å². The number of hydrogen-bond acceptors (Lipinski definition) is 4. The van der Waals surface area contributed by atoms with Crippen molar-refractivity contribution >= 4 is 5.91 Å². The molecule has 2 rings (SSSR count). The number of fused-ring (bicyclic) bond motifs is 1.